The van der Waals surface area contributed by atoms with Crippen LogP contribution in [0.5, 0.6) is 0 Å². The first-order valence-corrected chi connectivity index (χ1v) is 5.82. The summed E-state index contributed by atoms with van der Waals surface area (Å²) in [5.74, 6) is 1.54. The maximum absolute atomic E-state index is 4.41. The van der Waals surface area contributed by atoms with E-state index in [4.69, 9.17) is 0 Å². The minimum absolute atomic E-state index is 0.512. The highest BCUT2D eigenvalue weighted by atomic mass is 15.3. The summed E-state index contributed by atoms with van der Waals surface area (Å²) in [6.45, 7) is 5.12. The van der Waals surface area contributed by atoms with Gasteiger partial charge >= 0.3 is 0 Å². The van der Waals surface area contributed by atoms with E-state index in [2.05, 4.69) is 59.5 Å². The van der Waals surface area contributed by atoms with Gasteiger partial charge in [0.05, 0.1) is 6.54 Å². The Hall–Kier alpha value is -1.51. The predicted octanol–water partition coefficient (Wildman–Crippen LogP) is 1.68. The second-order valence-corrected chi connectivity index (χ2v) is 4.32. The highest BCUT2D eigenvalue weighted by Gasteiger charge is 2.13. The van der Waals surface area contributed by atoms with Crippen LogP contribution in [0.1, 0.15) is 18.4 Å². The number of benzene rings is 1. The number of hydrogen-bond donors (Lipinski definition) is 1. The van der Waals surface area contributed by atoms with Gasteiger partial charge in [-0.2, -0.15) is 0 Å². The minimum atomic E-state index is 0.512. The summed E-state index contributed by atoms with van der Waals surface area (Å²) in [7, 11) is 2.08. The quantitative estimate of drug-likeness (QED) is 0.834. The summed E-state index contributed by atoms with van der Waals surface area (Å²) in [4.78, 5) is 6.58. The zero-order valence-electron chi connectivity index (χ0n) is 9.98. The largest absolute Gasteiger partial charge is 0.356 e. The molecule has 1 aromatic rings. The lowest BCUT2D eigenvalue weighted by Gasteiger charge is -2.18. The van der Waals surface area contributed by atoms with Crippen LogP contribution in [0.3, 0.4) is 0 Å². The van der Waals surface area contributed by atoms with Crippen LogP contribution in [-0.2, 0) is 0 Å². The molecule has 0 amide bonds. The van der Waals surface area contributed by atoms with Crippen molar-refractivity contribution in [2.75, 3.05) is 26.7 Å². The molecule has 1 heterocycles. The molecular formula is C13H19N3. The molecule has 0 aliphatic carbocycles. The van der Waals surface area contributed by atoms with E-state index in [9.17, 15) is 0 Å². The summed E-state index contributed by atoms with van der Waals surface area (Å²) >= 11 is 0. The van der Waals surface area contributed by atoms with Gasteiger partial charge in [0.15, 0.2) is 5.96 Å². The van der Waals surface area contributed by atoms with Crippen molar-refractivity contribution < 1.29 is 0 Å². The number of guanidine groups is 1. The molecule has 3 heteroatoms. The zero-order chi connectivity index (χ0) is 11.4. The fourth-order valence-electron chi connectivity index (χ4n) is 1.87. The Kier molecular flexibility index (Phi) is 3.44. The third kappa shape index (κ3) is 2.54. The third-order valence-electron chi connectivity index (χ3n) is 2.99. The highest BCUT2D eigenvalue weighted by molar-refractivity contribution is 5.81. The molecule has 0 aromatic heterocycles. The average Bonchev–Trinajstić information content (AvgIpc) is 2.73. The van der Waals surface area contributed by atoms with Crippen LogP contribution in [-0.4, -0.2) is 37.5 Å². The molecule has 0 bridgehead atoms. The molecule has 3 nitrogen and oxygen atoms in total. The van der Waals surface area contributed by atoms with Crippen molar-refractivity contribution in [2.24, 2.45) is 4.99 Å². The Balaban J connectivity index is 1.87. The fourth-order valence-corrected chi connectivity index (χ4v) is 1.87. The maximum Gasteiger partial charge on any atom is 0.193 e. The number of likely N-dealkylation sites (N-methyl/N-ethyl adjacent to an activating group) is 1. The molecular weight excluding hydrogens is 198 g/mol. The first-order chi connectivity index (χ1) is 7.77. The predicted molar refractivity (Wildman–Crippen MR) is 67.8 cm³/mol. The molecule has 2 rings (SSSR count). The van der Waals surface area contributed by atoms with Gasteiger partial charge in [0, 0.05) is 20.1 Å². The van der Waals surface area contributed by atoms with Crippen LogP contribution in [0.25, 0.3) is 0 Å². The molecule has 1 aliphatic rings. The smallest absolute Gasteiger partial charge is 0.193 e. The van der Waals surface area contributed by atoms with Crippen molar-refractivity contribution in [2.45, 2.75) is 12.8 Å². The van der Waals surface area contributed by atoms with E-state index in [0.29, 0.717) is 5.92 Å². The Bertz CT molecular complexity index is 359. The van der Waals surface area contributed by atoms with E-state index in [-0.39, 0.29) is 0 Å². The van der Waals surface area contributed by atoms with Gasteiger partial charge in [-0.1, -0.05) is 37.3 Å². The zero-order valence-corrected chi connectivity index (χ0v) is 9.98. The SMILES string of the molecule is CC(CNC1=NCCN1C)c1ccccc1. The Morgan fingerprint density at radius 1 is 1.38 bits per heavy atom. The maximum atomic E-state index is 4.41. The molecule has 1 atom stereocenters. The van der Waals surface area contributed by atoms with Crippen LogP contribution in [0.2, 0.25) is 0 Å². The molecule has 1 aromatic carbocycles. The molecule has 1 unspecified atom stereocenters. The Morgan fingerprint density at radius 2 is 2.12 bits per heavy atom. The molecule has 0 spiro atoms. The van der Waals surface area contributed by atoms with Crippen LogP contribution in [0, 0.1) is 0 Å². The summed E-state index contributed by atoms with van der Waals surface area (Å²) in [5.41, 5.74) is 1.37. The van der Waals surface area contributed by atoms with E-state index in [1.54, 1.807) is 0 Å². The summed E-state index contributed by atoms with van der Waals surface area (Å²) in [6, 6.07) is 10.6. The second-order valence-electron chi connectivity index (χ2n) is 4.32. The van der Waals surface area contributed by atoms with Crippen molar-refractivity contribution in [3.8, 4) is 0 Å². The van der Waals surface area contributed by atoms with Crippen LogP contribution >= 0.6 is 0 Å². The van der Waals surface area contributed by atoms with Crippen molar-refractivity contribution in [3.05, 3.63) is 35.9 Å². The van der Waals surface area contributed by atoms with Crippen LogP contribution < -0.4 is 5.32 Å². The van der Waals surface area contributed by atoms with Gasteiger partial charge in [-0.3, -0.25) is 4.99 Å². The summed E-state index contributed by atoms with van der Waals surface area (Å²) < 4.78 is 0. The Morgan fingerprint density at radius 3 is 2.75 bits per heavy atom. The van der Waals surface area contributed by atoms with E-state index >= 15 is 0 Å². The average molecular weight is 217 g/mol. The molecule has 1 aliphatic heterocycles. The molecule has 0 saturated carbocycles. The van der Waals surface area contributed by atoms with E-state index < -0.39 is 0 Å². The second kappa shape index (κ2) is 5.01. The lowest BCUT2D eigenvalue weighted by molar-refractivity contribution is 0.529. The molecule has 1 N–H and O–H groups in total. The summed E-state index contributed by atoms with van der Waals surface area (Å²) in [5, 5.41) is 3.41. The normalized spacial score (nSPS) is 17.1. The van der Waals surface area contributed by atoms with Crippen LogP contribution in [0.15, 0.2) is 35.3 Å². The van der Waals surface area contributed by atoms with Crippen molar-refractivity contribution in [1.29, 1.82) is 0 Å². The topological polar surface area (TPSA) is 27.6 Å². The third-order valence-corrected chi connectivity index (χ3v) is 2.99. The first kappa shape index (κ1) is 11.0. The molecule has 86 valence electrons. The highest BCUT2D eigenvalue weighted by Crippen LogP contribution is 2.13. The molecule has 0 saturated heterocycles. The number of hydrogen-bond acceptors (Lipinski definition) is 3. The Labute approximate surface area is 97.2 Å². The monoisotopic (exact) mass is 217 g/mol. The summed E-state index contributed by atoms with van der Waals surface area (Å²) in [6.07, 6.45) is 0. The fraction of sp³-hybridized carbons (Fsp3) is 0.462. The van der Waals surface area contributed by atoms with E-state index in [1.807, 2.05) is 0 Å². The lowest BCUT2D eigenvalue weighted by Crippen LogP contribution is -2.37. The standard InChI is InChI=1S/C13H19N3/c1-11(12-6-4-3-5-7-12)10-15-13-14-8-9-16(13)2/h3-7,11H,8-10H2,1-2H3,(H,14,15). The van der Waals surface area contributed by atoms with Crippen molar-refractivity contribution in [1.82, 2.24) is 10.2 Å². The van der Waals surface area contributed by atoms with Gasteiger partial charge in [-0.05, 0) is 11.5 Å². The van der Waals surface area contributed by atoms with Gasteiger partial charge in [0.2, 0.25) is 0 Å². The van der Waals surface area contributed by atoms with Crippen LogP contribution in [0.4, 0.5) is 0 Å². The van der Waals surface area contributed by atoms with E-state index in [0.717, 1.165) is 25.6 Å². The van der Waals surface area contributed by atoms with Gasteiger partial charge in [-0.15, -0.1) is 0 Å². The molecule has 16 heavy (non-hydrogen) atoms. The van der Waals surface area contributed by atoms with Gasteiger partial charge in [0.25, 0.3) is 0 Å². The number of nitrogens with one attached hydrogen (secondary N) is 1. The number of rotatable bonds is 3. The number of aliphatic imine (C=N–C) groups is 1. The van der Waals surface area contributed by atoms with Crippen molar-refractivity contribution in [3.63, 3.8) is 0 Å². The minimum Gasteiger partial charge on any atom is -0.356 e. The van der Waals surface area contributed by atoms with Gasteiger partial charge < -0.3 is 10.2 Å². The lowest BCUT2D eigenvalue weighted by atomic mass is 10.0. The van der Waals surface area contributed by atoms with Gasteiger partial charge in [0.1, 0.15) is 0 Å². The van der Waals surface area contributed by atoms with E-state index in [1.165, 1.54) is 5.56 Å². The van der Waals surface area contributed by atoms with Gasteiger partial charge in [-0.25, -0.2) is 0 Å². The number of nitrogens with zero attached hydrogens (tertiary/aromatic N) is 2. The molecule has 0 fully saturated rings. The van der Waals surface area contributed by atoms with Crippen molar-refractivity contribution >= 4 is 5.96 Å². The first-order valence-electron chi connectivity index (χ1n) is 5.82. The molecule has 0 radical (unpaired) electrons.